The minimum absolute atomic E-state index is 0. The Labute approximate surface area is 114 Å². The van der Waals surface area contributed by atoms with Gasteiger partial charge in [-0.15, -0.1) is 12.4 Å². The van der Waals surface area contributed by atoms with Crippen molar-refractivity contribution in [3.8, 4) is 0 Å². The second-order valence-corrected chi connectivity index (χ2v) is 4.81. The molecule has 5 heteroatoms. The van der Waals surface area contributed by atoms with Crippen LogP contribution in [0.15, 0.2) is 16.7 Å². The van der Waals surface area contributed by atoms with Crippen molar-refractivity contribution in [2.75, 3.05) is 0 Å². The SMILES string of the molecule is CC(NC(=O)c1coc(CN)c1)C1CCCC1.Cl. The third-order valence-corrected chi connectivity index (χ3v) is 3.58. The lowest BCUT2D eigenvalue weighted by atomic mass is 9.99. The van der Waals surface area contributed by atoms with Crippen LogP contribution in [-0.4, -0.2) is 11.9 Å². The van der Waals surface area contributed by atoms with Gasteiger partial charge in [0.05, 0.1) is 12.1 Å². The number of halogens is 1. The predicted octanol–water partition coefficient (Wildman–Crippen LogP) is 2.47. The summed E-state index contributed by atoms with van der Waals surface area (Å²) in [5.41, 5.74) is 6.00. The van der Waals surface area contributed by atoms with Crippen molar-refractivity contribution in [2.45, 2.75) is 45.2 Å². The highest BCUT2D eigenvalue weighted by Crippen LogP contribution is 2.27. The van der Waals surface area contributed by atoms with E-state index in [-0.39, 0.29) is 24.4 Å². The zero-order valence-corrected chi connectivity index (χ0v) is 11.5. The molecule has 0 saturated heterocycles. The summed E-state index contributed by atoms with van der Waals surface area (Å²) in [7, 11) is 0. The van der Waals surface area contributed by atoms with Gasteiger partial charge in [-0.25, -0.2) is 0 Å². The molecule has 1 aromatic rings. The number of rotatable bonds is 4. The van der Waals surface area contributed by atoms with Gasteiger partial charge < -0.3 is 15.5 Å². The second-order valence-electron chi connectivity index (χ2n) is 4.81. The monoisotopic (exact) mass is 272 g/mol. The molecule has 3 N–H and O–H groups in total. The molecule has 102 valence electrons. The van der Waals surface area contributed by atoms with Gasteiger partial charge in [0.25, 0.3) is 5.91 Å². The molecule has 1 heterocycles. The molecule has 1 aliphatic carbocycles. The third kappa shape index (κ3) is 3.50. The Hall–Kier alpha value is -1.00. The number of nitrogens with one attached hydrogen (secondary N) is 1. The summed E-state index contributed by atoms with van der Waals surface area (Å²) < 4.78 is 5.16. The zero-order chi connectivity index (χ0) is 12.3. The van der Waals surface area contributed by atoms with Gasteiger partial charge in [0.1, 0.15) is 12.0 Å². The maximum absolute atomic E-state index is 11.9. The lowest BCUT2D eigenvalue weighted by Gasteiger charge is -2.19. The van der Waals surface area contributed by atoms with Crippen LogP contribution in [0, 0.1) is 5.92 Å². The van der Waals surface area contributed by atoms with Crippen LogP contribution in [0.3, 0.4) is 0 Å². The Morgan fingerprint density at radius 2 is 2.22 bits per heavy atom. The first-order valence-corrected chi connectivity index (χ1v) is 6.29. The molecule has 18 heavy (non-hydrogen) atoms. The smallest absolute Gasteiger partial charge is 0.254 e. The molecule has 1 unspecified atom stereocenters. The molecule has 1 fully saturated rings. The average molecular weight is 273 g/mol. The molecule has 1 saturated carbocycles. The Kier molecular flexibility index (Phi) is 5.69. The van der Waals surface area contributed by atoms with Crippen molar-refractivity contribution in [1.29, 1.82) is 0 Å². The highest BCUT2D eigenvalue weighted by atomic mass is 35.5. The number of hydrogen-bond acceptors (Lipinski definition) is 3. The van der Waals surface area contributed by atoms with Crippen LogP contribution in [-0.2, 0) is 6.54 Å². The Morgan fingerprint density at radius 3 is 2.78 bits per heavy atom. The van der Waals surface area contributed by atoms with Gasteiger partial charge in [-0.05, 0) is 31.7 Å². The lowest BCUT2D eigenvalue weighted by molar-refractivity contribution is 0.0926. The molecule has 0 aromatic carbocycles. The van der Waals surface area contributed by atoms with Crippen LogP contribution < -0.4 is 11.1 Å². The van der Waals surface area contributed by atoms with E-state index in [2.05, 4.69) is 12.2 Å². The summed E-state index contributed by atoms with van der Waals surface area (Å²) in [5, 5.41) is 3.04. The quantitative estimate of drug-likeness (QED) is 0.885. The van der Waals surface area contributed by atoms with E-state index in [1.165, 1.54) is 31.9 Å². The largest absolute Gasteiger partial charge is 0.467 e. The normalized spacial score (nSPS) is 17.2. The topological polar surface area (TPSA) is 68.3 Å². The zero-order valence-electron chi connectivity index (χ0n) is 10.6. The number of amides is 1. The Morgan fingerprint density at radius 1 is 1.56 bits per heavy atom. The molecule has 1 aliphatic rings. The highest BCUT2D eigenvalue weighted by molar-refractivity contribution is 5.94. The number of carbonyl (C=O) groups excluding carboxylic acids is 1. The van der Waals surface area contributed by atoms with Crippen molar-refractivity contribution < 1.29 is 9.21 Å². The fourth-order valence-electron chi connectivity index (χ4n) is 2.47. The number of furan rings is 1. The first-order valence-electron chi connectivity index (χ1n) is 6.29. The molecule has 0 bridgehead atoms. The van der Waals surface area contributed by atoms with Gasteiger partial charge in [-0.1, -0.05) is 12.8 Å². The van der Waals surface area contributed by atoms with Gasteiger partial charge >= 0.3 is 0 Å². The molecule has 1 aromatic heterocycles. The summed E-state index contributed by atoms with van der Waals surface area (Å²) in [6.45, 7) is 2.41. The van der Waals surface area contributed by atoms with Crippen molar-refractivity contribution in [2.24, 2.45) is 11.7 Å². The van der Waals surface area contributed by atoms with E-state index >= 15 is 0 Å². The van der Waals surface area contributed by atoms with Crippen molar-refractivity contribution >= 4 is 18.3 Å². The number of nitrogens with two attached hydrogens (primary N) is 1. The third-order valence-electron chi connectivity index (χ3n) is 3.58. The molecule has 0 aliphatic heterocycles. The van der Waals surface area contributed by atoms with Gasteiger partial charge in [-0.2, -0.15) is 0 Å². The summed E-state index contributed by atoms with van der Waals surface area (Å²) in [6.07, 6.45) is 6.49. The van der Waals surface area contributed by atoms with Gasteiger partial charge in [-0.3, -0.25) is 4.79 Å². The van der Waals surface area contributed by atoms with Gasteiger partial charge in [0.2, 0.25) is 0 Å². The van der Waals surface area contributed by atoms with Crippen LogP contribution in [0.1, 0.15) is 48.7 Å². The van der Waals surface area contributed by atoms with E-state index in [0.29, 0.717) is 23.8 Å². The van der Waals surface area contributed by atoms with E-state index in [9.17, 15) is 4.79 Å². The van der Waals surface area contributed by atoms with Crippen molar-refractivity contribution in [1.82, 2.24) is 5.32 Å². The van der Waals surface area contributed by atoms with Crippen LogP contribution in [0.4, 0.5) is 0 Å². The van der Waals surface area contributed by atoms with Crippen LogP contribution in [0.25, 0.3) is 0 Å². The molecular formula is C13H21ClN2O2. The minimum Gasteiger partial charge on any atom is -0.467 e. The predicted molar refractivity (Wildman–Crippen MR) is 72.7 cm³/mol. The van der Waals surface area contributed by atoms with E-state index in [1.807, 2.05) is 0 Å². The van der Waals surface area contributed by atoms with E-state index in [0.717, 1.165) is 0 Å². The maximum atomic E-state index is 11.9. The van der Waals surface area contributed by atoms with Gasteiger partial charge in [0, 0.05) is 6.04 Å². The van der Waals surface area contributed by atoms with Crippen LogP contribution >= 0.6 is 12.4 Å². The van der Waals surface area contributed by atoms with Gasteiger partial charge in [0.15, 0.2) is 0 Å². The standard InChI is InChI=1S/C13H20N2O2.ClH/c1-9(10-4-2-3-5-10)15-13(16)11-6-12(7-14)17-8-11;/h6,8-10H,2-5,7,14H2,1H3,(H,15,16);1H. The van der Waals surface area contributed by atoms with Crippen molar-refractivity contribution in [3.63, 3.8) is 0 Å². The van der Waals surface area contributed by atoms with E-state index < -0.39 is 0 Å². The maximum Gasteiger partial charge on any atom is 0.254 e. The molecular weight excluding hydrogens is 252 g/mol. The van der Waals surface area contributed by atoms with Crippen LogP contribution in [0.2, 0.25) is 0 Å². The summed E-state index contributed by atoms with van der Waals surface area (Å²) >= 11 is 0. The Bertz CT molecular complexity index is 386. The fourth-order valence-corrected chi connectivity index (χ4v) is 2.47. The van der Waals surface area contributed by atoms with Crippen LogP contribution in [0.5, 0.6) is 0 Å². The first-order chi connectivity index (χ1) is 8.20. The lowest BCUT2D eigenvalue weighted by Crippen LogP contribution is -2.37. The summed E-state index contributed by atoms with van der Waals surface area (Å²) in [5.74, 6) is 1.20. The highest BCUT2D eigenvalue weighted by Gasteiger charge is 2.23. The average Bonchev–Trinajstić information content (AvgIpc) is 3.00. The molecule has 1 amide bonds. The minimum atomic E-state index is -0.0622. The fraction of sp³-hybridized carbons (Fsp3) is 0.615. The number of hydrogen-bond donors (Lipinski definition) is 2. The summed E-state index contributed by atoms with van der Waals surface area (Å²) in [6, 6.07) is 1.94. The molecule has 1 atom stereocenters. The second kappa shape index (κ2) is 6.81. The van der Waals surface area contributed by atoms with Crippen molar-refractivity contribution in [3.05, 3.63) is 23.7 Å². The number of carbonyl (C=O) groups is 1. The molecule has 0 radical (unpaired) electrons. The molecule has 4 nitrogen and oxygen atoms in total. The molecule has 0 spiro atoms. The molecule has 2 rings (SSSR count). The Balaban J connectivity index is 0.00000162. The van der Waals surface area contributed by atoms with E-state index in [4.69, 9.17) is 10.2 Å². The van der Waals surface area contributed by atoms with E-state index in [1.54, 1.807) is 6.07 Å². The summed E-state index contributed by atoms with van der Waals surface area (Å²) in [4.78, 5) is 11.9. The first kappa shape index (κ1) is 15.1.